The lowest BCUT2D eigenvalue weighted by atomic mass is 9.98. The van der Waals surface area contributed by atoms with Crippen molar-refractivity contribution in [3.63, 3.8) is 0 Å². The molecule has 0 aromatic heterocycles. The van der Waals surface area contributed by atoms with Crippen molar-refractivity contribution in [3.05, 3.63) is 84.4 Å². The van der Waals surface area contributed by atoms with Gasteiger partial charge in [-0.2, -0.15) is 0 Å². The van der Waals surface area contributed by atoms with Crippen LogP contribution in [0.25, 0.3) is 22.3 Å². The quantitative estimate of drug-likeness (QED) is 0.651. The Bertz CT molecular complexity index is 831. The van der Waals surface area contributed by atoms with E-state index >= 15 is 0 Å². The molecular weight excluding hydrogens is 280 g/mol. The molecule has 0 unspecified atom stereocenters. The number of nitrogens with one attached hydrogen (secondary N) is 1. The average Bonchev–Trinajstić information content (AvgIpc) is 2.63. The van der Waals surface area contributed by atoms with E-state index in [-0.39, 0.29) is 0 Å². The highest BCUT2D eigenvalue weighted by Gasteiger charge is 2.03. The SMILES string of the molecule is C/N=C\C(=N)c1ccc(-c2cccc(-c3ccccc3)c2)cc1. The lowest BCUT2D eigenvalue weighted by Crippen LogP contribution is -1.99. The summed E-state index contributed by atoms with van der Waals surface area (Å²) in [7, 11) is 1.68. The lowest BCUT2D eigenvalue weighted by molar-refractivity contribution is 1.46. The van der Waals surface area contributed by atoms with Crippen molar-refractivity contribution in [1.29, 1.82) is 5.41 Å². The predicted molar refractivity (Wildman–Crippen MR) is 98.6 cm³/mol. The monoisotopic (exact) mass is 298 g/mol. The summed E-state index contributed by atoms with van der Waals surface area (Å²) < 4.78 is 0. The number of hydrogen-bond acceptors (Lipinski definition) is 2. The van der Waals surface area contributed by atoms with Crippen molar-refractivity contribution < 1.29 is 0 Å². The first-order valence-corrected chi connectivity index (χ1v) is 7.55. The molecule has 23 heavy (non-hydrogen) atoms. The molecule has 0 heterocycles. The molecule has 0 amide bonds. The normalized spacial score (nSPS) is 10.8. The van der Waals surface area contributed by atoms with Crippen LogP contribution in [0.5, 0.6) is 0 Å². The maximum atomic E-state index is 7.90. The fraction of sp³-hybridized carbons (Fsp3) is 0.0476. The number of aliphatic imine (C=N–C) groups is 1. The summed E-state index contributed by atoms with van der Waals surface area (Å²) in [4.78, 5) is 3.89. The van der Waals surface area contributed by atoms with Crippen molar-refractivity contribution in [3.8, 4) is 22.3 Å². The van der Waals surface area contributed by atoms with Crippen LogP contribution in [0.15, 0.2) is 83.9 Å². The van der Waals surface area contributed by atoms with Crippen molar-refractivity contribution in [1.82, 2.24) is 0 Å². The molecule has 3 aromatic rings. The van der Waals surface area contributed by atoms with Gasteiger partial charge in [-0.1, -0.05) is 72.8 Å². The van der Waals surface area contributed by atoms with E-state index in [0.717, 1.165) is 11.1 Å². The first kappa shape index (κ1) is 14.9. The summed E-state index contributed by atoms with van der Waals surface area (Å²) in [6, 6.07) is 26.9. The van der Waals surface area contributed by atoms with Crippen LogP contribution in [0.3, 0.4) is 0 Å². The van der Waals surface area contributed by atoms with Crippen LogP contribution in [-0.4, -0.2) is 19.0 Å². The van der Waals surface area contributed by atoms with Crippen molar-refractivity contribution >= 4 is 11.9 Å². The molecule has 2 nitrogen and oxygen atoms in total. The second kappa shape index (κ2) is 6.84. The molecule has 0 aliphatic rings. The molecule has 0 saturated heterocycles. The van der Waals surface area contributed by atoms with Gasteiger partial charge in [-0.15, -0.1) is 0 Å². The maximum absolute atomic E-state index is 7.90. The van der Waals surface area contributed by atoms with Crippen LogP contribution >= 0.6 is 0 Å². The van der Waals surface area contributed by atoms with Crippen LogP contribution in [0, 0.1) is 5.41 Å². The van der Waals surface area contributed by atoms with Gasteiger partial charge in [-0.3, -0.25) is 10.4 Å². The Morgan fingerprint density at radius 1 is 0.739 bits per heavy atom. The third-order valence-corrected chi connectivity index (χ3v) is 3.76. The molecule has 0 atom stereocenters. The third-order valence-electron chi connectivity index (χ3n) is 3.76. The van der Waals surface area contributed by atoms with Gasteiger partial charge in [0.1, 0.15) is 0 Å². The van der Waals surface area contributed by atoms with Gasteiger partial charge in [-0.05, 0) is 28.3 Å². The highest BCUT2D eigenvalue weighted by Crippen LogP contribution is 2.26. The van der Waals surface area contributed by atoms with E-state index in [2.05, 4.69) is 65.7 Å². The minimum atomic E-state index is 0.428. The van der Waals surface area contributed by atoms with E-state index in [1.54, 1.807) is 13.3 Å². The van der Waals surface area contributed by atoms with Gasteiger partial charge in [0.2, 0.25) is 0 Å². The Labute approximate surface area is 136 Å². The van der Waals surface area contributed by atoms with Gasteiger partial charge in [-0.25, -0.2) is 0 Å². The Hall–Kier alpha value is -3.00. The van der Waals surface area contributed by atoms with Crippen LogP contribution in [0.4, 0.5) is 0 Å². The molecule has 0 aliphatic heterocycles. The number of rotatable bonds is 4. The zero-order valence-electron chi connectivity index (χ0n) is 13.0. The largest absolute Gasteiger partial charge is 0.299 e. The van der Waals surface area contributed by atoms with Crippen molar-refractivity contribution in [2.45, 2.75) is 0 Å². The number of benzene rings is 3. The first-order valence-electron chi connectivity index (χ1n) is 7.55. The lowest BCUT2D eigenvalue weighted by Gasteiger charge is -2.07. The zero-order valence-corrected chi connectivity index (χ0v) is 13.0. The van der Waals surface area contributed by atoms with E-state index in [9.17, 15) is 0 Å². The summed E-state index contributed by atoms with van der Waals surface area (Å²) in [5, 5.41) is 7.90. The molecule has 0 aliphatic carbocycles. The number of hydrogen-bond donors (Lipinski definition) is 1. The van der Waals surface area contributed by atoms with Crippen LogP contribution in [0.2, 0.25) is 0 Å². The van der Waals surface area contributed by atoms with Crippen LogP contribution in [0.1, 0.15) is 5.56 Å². The Kier molecular flexibility index (Phi) is 4.44. The van der Waals surface area contributed by atoms with Crippen molar-refractivity contribution in [2.75, 3.05) is 7.05 Å². The summed E-state index contributed by atoms with van der Waals surface area (Å²) in [5.74, 6) is 0. The topological polar surface area (TPSA) is 36.2 Å². The molecule has 3 rings (SSSR count). The second-order valence-corrected chi connectivity index (χ2v) is 5.33. The van der Waals surface area contributed by atoms with Crippen LogP contribution in [-0.2, 0) is 0 Å². The highest BCUT2D eigenvalue weighted by atomic mass is 14.7. The second-order valence-electron chi connectivity index (χ2n) is 5.33. The van der Waals surface area contributed by atoms with Gasteiger partial charge in [0.25, 0.3) is 0 Å². The van der Waals surface area contributed by atoms with E-state index < -0.39 is 0 Å². The highest BCUT2D eigenvalue weighted by molar-refractivity contribution is 6.36. The summed E-state index contributed by atoms with van der Waals surface area (Å²) >= 11 is 0. The minimum absolute atomic E-state index is 0.428. The molecule has 0 bridgehead atoms. The fourth-order valence-corrected chi connectivity index (χ4v) is 2.55. The smallest absolute Gasteiger partial charge is 0.0790 e. The molecule has 0 spiro atoms. The third kappa shape index (κ3) is 3.43. The van der Waals surface area contributed by atoms with E-state index in [1.165, 1.54) is 16.7 Å². The summed E-state index contributed by atoms with van der Waals surface area (Å²) in [5.41, 5.74) is 6.04. The van der Waals surface area contributed by atoms with E-state index in [1.807, 2.05) is 18.2 Å². The Morgan fingerprint density at radius 2 is 1.30 bits per heavy atom. The fourth-order valence-electron chi connectivity index (χ4n) is 2.55. The van der Waals surface area contributed by atoms with Gasteiger partial charge in [0.05, 0.1) is 5.71 Å². The summed E-state index contributed by atoms with van der Waals surface area (Å²) in [6.07, 6.45) is 1.56. The van der Waals surface area contributed by atoms with Gasteiger partial charge in [0.15, 0.2) is 0 Å². The number of nitrogens with zero attached hydrogens (tertiary/aromatic N) is 1. The molecule has 0 saturated carbocycles. The Balaban J connectivity index is 1.92. The predicted octanol–water partition coefficient (Wildman–Crippen LogP) is 5.09. The van der Waals surface area contributed by atoms with Gasteiger partial charge < -0.3 is 0 Å². The molecule has 3 aromatic carbocycles. The summed E-state index contributed by atoms with van der Waals surface area (Å²) in [6.45, 7) is 0. The molecule has 1 N–H and O–H groups in total. The average molecular weight is 298 g/mol. The van der Waals surface area contributed by atoms with E-state index in [4.69, 9.17) is 5.41 Å². The standard InChI is InChI=1S/C21H18N2/c1-23-15-21(22)18-12-10-17(11-13-18)20-9-5-8-19(14-20)16-6-3-2-4-7-16/h2-15,22H,1H3/b22-21?,23-15-. The molecule has 0 radical (unpaired) electrons. The van der Waals surface area contributed by atoms with Crippen LogP contribution < -0.4 is 0 Å². The van der Waals surface area contributed by atoms with Crippen molar-refractivity contribution in [2.24, 2.45) is 4.99 Å². The first-order chi connectivity index (χ1) is 11.3. The molecule has 0 fully saturated rings. The minimum Gasteiger partial charge on any atom is -0.299 e. The van der Waals surface area contributed by atoms with Gasteiger partial charge in [0, 0.05) is 18.8 Å². The van der Waals surface area contributed by atoms with Gasteiger partial charge >= 0.3 is 0 Å². The molecule has 112 valence electrons. The molecule has 2 heteroatoms. The molecular formula is C21H18N2. The Morgan fingerprint density at radius 3 is 1.91 bits per heavy atom. The maximum Gasteiger partial charge on any atom is 0.0790 e. The van der Waals surface area contributed by atoms with E-state index in [0.29, 0.717) is 5.71 Å². The zero-order chi connectivity index (χ0) is 16.1.